The molecule has 0 spiro atoms. The van der Waals surface area contributed by atoms with Crippen LogP contribution >= 0.6 is 0 Å². The maximum Gasteiger partial charge on any atom is 0.340 e. The van der Waals surface area contributed by atoms with Gasteiger partial charge in [0, 0.05) is 18.8 Å². The Balaban J connectivity index is 2.37. The number of aromatic nitrogens is 2. The molecule has 0 aromatic carbocycles. The molecule has 8 heteroatoms. The minimum Gasteiger partial charge on any atom is -0.478 e. The molecule has 1 aromatic heterocycles. The van der Waals surface area contributed by atoms with Crippen molar-refractivity contribution in [1.29, 1.82) is 0 Å². The van der Waals surface area contributed by atoms with E-state index >= 15 is 0 Å². The van der Waals surface area contributed by atoms with Crippen LogP contribution < -0.4 is 0 Å². The second-order valence-electron chi connectivity index (χ2n) is 5.15. The number of rotatable bonds is 4. The van der Waals surface area contributed by atoms with Crippen LogP contribution in [0.15, 0.2) is 5.03 Å². The van der Waals surface area contributed by atoms with Crippen LogP contribution in [0.4, 0.5) is 0 Å². The second kappa shape index (κ2) is 5.53. The molecule has 0 radical (unpaired) electrons. The number of carboxylic acids is 1. The Bertz CT molecular complexity index is 602. The lowest BCUT2D eigenvalue weighted by Crippen LogP contribution is -2.39. The zero-order valence-corrected chi connectivity index (χ0v) is 12.4. The first-order valence-electron chi connectivity index (χ1n) is 6.62. The highest BCUT2D eigenvalue weighted by Crippen LogP contribution is 2.27. The number of hydrogen-bond donors (Lipinski definition) is 2. The second-order valence-corrected chi connectivity index (χ2v) is 7.06. The van der Waals surface area contributed by atoms with Crippen LogP contribution in [0.3, 0.4) is 0 Å². The van der Waals surface area contributed by atoms with Gasteiger partial charge in [-0.1, -0.05) is 19.3 Å². The van der Waals surface area contributed by atoms with E-state index in [1.807, 2.05) is 0 Å². The number of nitrogens with zero attached hydrogens (tertiary/aromatic N) is 2. The van der Waals surface area contributed by atoms with E-state index in [9.17, 15) is 13.2 Å². The summed E-state index contributed by atoms with van der Waals surface area (Å²) in [6.45, 7) is 1.50. The van der Waals surface area contributed by atoms with E-state index in [0.717, 1.165) is 32.1 Å². The molecule has 2 rings (SSSR count). The lowest BCUT2D eigenvalue weighted by atomic mass is 9.96. The lowest BCUT2D eigenvalue weighted by molar-refractivity contribution is 0.0691. The molecule has 1 aromatic rings. The molecule has 1 aliphatic carbocycles. The summed E-state index contributed by atoms with van der Waals surface area (Å²) in [6.07, 6.45) is 4.72. The molecule has 2 N–H and O–H groups in total. The SMILES string of the molecule is Cc1[nH]nc(S(=O)(=O)N(C)C2CCCCC2)c1C(=O)O. The van der Waals surface area contributed by atoms with Crippen LogP contribution in [0.1, 0.15) is 48.2 Å². The zero-order valence-electron chi connectivity index (χ0n) is 11.6. The average Bonchev–Trinajstić information content (AvgIpc) is 2.81. The summed E-state index contributed by atoms with van der Waals surface area (Å²) in [7, 11) is -2.38. The smallest absolute Gasteiger partial charge is 0.340 e. The number of sulfonamides is 1. The summed E-state index contributed by atoms with van der Waals surface area (Å²) < 4.78 is 26.4. The van der Waals surface area contributed by atoms with Gasteiger partial charge in [-0.05, 0) is 19.8 Å². The van der Waals surface area contributed by atoms with Gasteiger partial charge in [0.2, 0.25) is 5.03 Å². The molecule has 0 bridgehead atoms. The van der Waals surface area contributed by atoms with Gasteiger partial charge < -0.3 is 5.11 Å². The number of hydrogen-bond acceptors (Lipinski definition) is 4. The first-order chi connectivity index (χ1) is 9.35. The largest absolute Gasteiger partial charge is 0.478 e. The Hall–Kier alpha value is -1.41. The molecule has 0 atom stereocenters. The summed E-state index contributed by atoms with van der Waals surface area (Å²) in [5.41, 5.74) is -0.0271. The minimum absolute atomic E-state index is 0.0765. The number of carbonyl (C=O) groups is 1. The maximum absolute atomic E-state index is 12.6. The van der Waals surface area contributed by atoms with Crippen molar-refractivity contribution in [2.45, 2.75) is 50.1 Å². The molecule has 20 heavy (non-hydrogen) atoms. The monoisotopic (exact) mass is 301 g/mol. The first kappa shape index (κ1) is 15.0. The van der Waals surface area contributed by atoms with Crippen LogP contribution in [0.2, 0.25) is 0 Å². The average molecular weight is 301 g/mol. The molecule has 1 fully saturated rings. The van der Waals surface area contributed by atoms with Gasteiger partial charge in [-0.2, -0.15) is 9.40 Å². The van der Waals surface area contributed by atoms with Gasteiger partial charge in [-0.15, -0.1) is 0 Å². The van der Waals surface area contributed by atoms with Crippen LogP contribution in [-0.4, -0.2) is 47.1 Å². The Kier molecular flexibility index (Phi) is 4.14. The lowest BCUT2D eigenvalue weighted by Gasteiger charge is -2.29. The van der Waals surface area contributed by atoms with E-state index < -0.39 is 21.0 Å². The normalized spacial score (nSPS) is 17.6. The quantitative estimate of drug-likeness (QED) is 0.874. The third kappa shape index (κ3) is 2.57. The highest BCUT2D eigenvalue weighted by molar-refractivity contribution is 7.89. The van der Waals surface area contributed by atoms with E-state index in [-0.39, 0.29) is 17.3 Å². The fourth-order valence-electron chi connectivity index (χ4n) is 2.62. The summed E-state index contributed by atoms with van der Waals surface area (Å²) in [5.74, 6) is -1.29. The summed E-state index contributed by atoms with van der Waals surface area (Å²) in [6, 6.07) is -0.0765. The van der Waals surface area contributed by atoms with Gasteiger partial charge in [0.05, 0.1) is 0 Å². The van der Waals surface area contributed by atoms with Gasteiger partial charge in [-0.3, -0.25) is 5.10 Å². The standard InChI is InChI=1S/C12H19N3O4S/c1-8-10(12(16)17)11(14-13-8)20(18,19)15(2)9-6-4-3-5-7-9/h9H,3-7H2,1-2H3,(H,13,14)(H,16,17). The predicted molar refractivity (Wildman–Crippen MR) is 72.1 cm³/mol. The van der Waals surface area contributed by atoms with Crippen LogP contribution in [0.25, 0.3) is 0 Å². The van der Waals surface area contributed by atoms with E-state index in [1.54, 1.807) is 0 Å². The van der Waals surface area contributed by atoms with Crippen LogP contribution in [0.5, 0.6) is 0 Å². The molecule has 0 aliphatic heterocycles. The number of aromatic amines is 1. The third-order valence-corrected chi connectivity index (χ3v) is 5.68. The van der Waals surface area contributed by atoms with Gasteiger partial charge in [0.15, 0.2) is 0 Å². The van der Waals surface area contributed by atoms with Crippen molar-refractivity contribution < 1.29 is 18.3 Å². The number of H-pyrrole nitrogens is 1. The molecule has 0 unspecified atom stereocenters. The molecular weight excluding hydrogens is 282 g/mol. The van der Waals surface area contributed by atoms with E-state index in [1.165, 1.54) is 18.3 Å². The van der Waals surface area contributed by atoms with E-state index in [2.05, 4.69) is 10.2 Å². The van der Waals surface area contributed by atoms with Crippen molar-refractivity contribution in [2.75, 3.05) is 7.05 Å². The molecule has 1 saturated carbocycles. The van der Waals surface area contributed by atoms with Gasteiger partial charge in [0.1, 0.15) is 5.56 Å². The van der Waals surface area contributed by atoms with Crippen molar-refractivity contribution in [3.05, 3.63) is 11.3 Å². The van der Waals surface area contributed by atoms with Crippen molar-refractivity contribution in [3.63, 3.8) is 0 Å². The molecule has 0 amide bonds. The zero-order chi connectivity index (χ0) is 14.9. The van der Waals surface area contributed by atoms with Crippen molar-refractivity contribution in [3.8, 4) is 0 Å². The number of aryl methyl sites for hydroxylation is 1. The fourth-order valence-corrected chi connectivity index (χ4v) is 4.16. The van der Waals surface area contributed by atoms with Crippen LogP contribution in [0, 0.1) is 6.92 Å². The minimum atomic E-state index is -3.88. The van der Waals surface area contributed by atoms with Gasteiger partial charge in [-0.25, -0.2) is 13.2 Å². The Morgan fingerprint density at radius 3 is 2.50 bits per heavy atom. The molecular formula is C12H19N3O4S. The molecule has 112 valence electrons. The Morgan fingerprint density at radius 2 is 1.95 bits per heavy atom. The molecule has 7 nitrogen and oxygen atoms in total. The van der Waals surface area contributed by atoms with Gasteiger partial charge >= 0.3 is 5.97 Å². The van der Waals surface area contributed by atoms with Crippen LogP contribution in [-0.2, 0) is 10.0 Å². The fraction of sp³-hybridized carbons (Fsp3) is 0.667. The van der Waals surface area contributed by atoms with Crippen molar-refractivity contribution in [1.82, 2.24) is 14.5 Å². The number of carboxylic acid groups (broad SMARTS) is 1. The first-order valence-corrected chi connectivity index (χ1v) is 8.06. The van der Waals surface area contributed by atoms with Crippen molar-refractivity contribution in [2.24, 2.45) is 0 Å². The Labute approximate surface area is 118 Å². The Morgan fingerprint density at radius 1 is 1.35 bits per heavy atom. The summed E-state index contributed by atoms with van der Waals surface area (Å²) in [4.78, 5) is 11.2. The van der Waals surface area contributed by atoms with Gasteiger partial charge in [0.25, 0.3) is 10.0 Å². The topological polar surface area (TPSA) is 103 Å². The third-order valence-electron chi connectivity index (χ3n) is 3.84. The predicted octanol–water partition coefficient (Wildman–Crippen LogP) is 1.37. The summed E-state index contributed by atoms with van der Waals surface area (Å²) in [5, 5.41) is 14.9. The molecule has 1 heterocycles. The molecule has 1 aliphatic rings. The number of aromatic carboxylic acids is 1. The van der Waals surface area contributed by atoms with Crippen molar-refractivity contribution >= 4 is 16.0 Å². The summed E-state index contributed by atoms with van der Waals surface area (Å²) >= 11 is 0. The highest BCUT2D eigenvalue weighted by atomic mass is 32.2. The van der Waals surface area contributed by atoms with E-state index in [0.29, 0.717) is 0 Å². The van der Waals surface area contributed by atoms with E-state index in [4.69, 9.17) is 5.11 Å². The highest BCUT2D eigenvalue weighted by Gasteiger charge is 2.35. The number of nitrogens with one attached hydrogen (secondary N) is 1. The maximum atomic E-state index is 12.6. The molecule has 0 saturated heterocycles.